The standard InChI is InChI=1S/C25H21ClN2O6S/c1-2-21(23(30)28-20-12-14(24(31)32)10-11-19(20)26)35-16-7-5-6-15(13-16)27-22(29)17-8-3-4-9-18(17)25(33)34/h3-13,21H,2H2,1H3,(H,27,29)(H,28,30)(H,31,32)(H,33,34). The van der Waals surface area contributed by atoms with Crippen molar-refractivity contribution in [2.24, 2.45) is 0 Å². The van der Waals surface area contributed by atoms with E-state index in [0.717, 1.165) is 0 Å². The van der Waals surface area contributed by atoms with E-state index in [-0.39, 0.29) is 33.3 Å². The highest BCUT2D eigenvalue weighted by Gasteiger charge is 2.21. The molecule has 1 unspecified atom stereocenters. The minimum Gasteiger partial charge on any atom is -0.478 e. The monoisotopic (exact) mass is 512 g/mol. The molecule has 0 bridgehead atoms. The highest BCUT2D eigenvalue weighted by molar-refractivity contribution is 8.00. The van der Waals surface area contributed by atoms with Crippen molar-refractivity contribution in [1.82, 2.24) is 0 Å². The summed E-state index contributed by atoms with van der Waals surface area (Å²) in [5.74, 6) is -3.26. The molecule has 180 valence electrons. The van der Waals surface area contributed by atoms with Crippen molar-refractivity contribution in [2.75, 3.05) is 10.6 Å². The summed E-state index contributed by atoms with van der Waals surface area (Å²) in [6, 6.07) is 16.8. The Morgan fingerprint density at radius 3 is 2.26 bits per heavy atom. The molecule has 2 amide bonds. The second kappa shape index (κ2) is 11.5. The number of rotatable bonds is 9. The lowest BCUT2D eigenvalue weighted by Crippen LogP contribution is -2.24. The van der Waals surface area contributed by atoms with Gasteiger partial charge in [-0.3, -0.25) is 9.59 Å². The van der Waals surface area contributed by atoms with E-state index in [0.29, 0.717) is 17.0 Å². The van der Waals surface area contributed by atoms with Crippen LogP contribution in [0, 0.1) is 0 Å². The first-order valence-electron chi connectivity index (χ1n) is 10.4. The fourth-order valence-corrected chi connectivity index (χ4v) is 4.35. The number of carboxylic acid groups (broad SMARTS) is 2. The van der Waals surface area contributed by atoms with Gasteiger partial charge in [0.25, 0.3) is 5.91 Å². The topological polar surface area (TPSA) is 133 Å². The van der Waals surface area contributed by atoms with E-state index in [1.807, 2.05) is 6.92 Å². The number of nitrogens with one attached hydrogen (secondary N) is 2. The van der Waals surface area contributed by atoms with Gasteiger partial charge in [0.2, 0.25) is 5.91 Å². The maximum Gasteiger partial charge on any atom is 0.336 e. The van der Waals surface area contributed by atoms with Crippen LogP contribution in [0.1, 0.15) is 44.4 Å². The lowest BCUT2D eigenvalue weighted by molar-refractivity contribution is -0.115. The Hall–Kier alpha value is -3.82. The molecule has 0 heterocycles. The number of hydrogen-bond donors (Lipinski definition) is 4. The van der Waals surface area contributed by atoms with E-state index < -0.39 is 23.1 Å². The van der Waals surface area contributed by atoms with Crippen LogP contribution in [-0.4, -0.2) is 39.2 Å². The molecule has 0 aliphatic carbocycles. The zero-order valence-electron chi connectivity index (χ0n) is 18.4. The van der Waals surface area contributed by atoms with E-state index >= 15 is 0 Å². The number of carbonyl (C=O) groups is 4. The lowest BCUT2D eigenvalue weighted by atomic mass is 10.1. The highest BCUT2D eigenvalue weighted by atomic mass is 35.5. The summed E-state index contributed by atoms with van der Waals surface area (Å²) in [5, 5.41) is 23.5. The molecule has 0 aliphatic heterocycles. The van der Waals surface area contributed by atoms with Crippen molar-refractivity contribution < 1.29 is 29.4 Å². The first-order chi connectivity index (χ1) is 16.7. The number of benzene rings is 3. The molecule has 0 fully saturated rings. The second-order valence-electron chi connectivity index (χ2n) is 7.34. The van der Waals surface area contributed by atoms with Crippen molar-refractivity contribution in [1.29, 1.82) is 0 Å². The minimum absolute atomic E-state index is 0.00156. The molecule has 0 radical (unpaired) electrons. The molecule has 3 rings (SSSR count). The molecule has 0 aliphatic rings. The fourth-order valence-electron chi connectivity index (χ4n) is 3.17. The molecule has 1 atom stereocenters. The van der Waals surface area contributed by atoms with Crippen LogP contribution in [-0.2, 0) is 4.79 Å². The number of amides is 2. The van der Waals surface area contributed by atoms with Crippen molar-refractivity contribution in [3.05, 3.63) is 88.4 Å². The van der Waals surface area contributed by atoms with Crippen LogP contribution in [0.2, 0.25) is 5.02 Å². The SMILES string of the molecule is CCC(Sc1cccc(NC(=O)c2ccccc2C(=O)O)c1)C(=O)Nc1cc(C(=O)O)ccc1Cl. The van der Waals surface area contributed by atoms with E-state index in [1.54, 1.807) is 36.4 Å². The number of carboxylic acids is 2. The smallest absolute Gasteiger partial charge is 0.336 e. The van der Waals surface area contributed by atoms with E-state index in [9.17, 15) is 24.3 Å². The normalized spacial score (nSPS) is 11.4. The van der Waals surface area contributed by atoms with Gasteiger partial charge in [-0.25, -0.2) is 9.59 Å². The van der Waals surface area contributed by atoms with Gasteiger partial charge in [0.1, 0.15) is 0 Å². The van der Waals surface area contributed by atoms with Gasteiger partial charge >= 0.3 is 11.9 Å². The zero-order chi connectivity index (χ0) is 25.5. The molecule has 3 aromatic rings. The molecule has 0 saturated carbocycles. The predicted molar refractivity (Wildman–Crippen MR) is 135 cm³/mol. The Morgan fingerprint density at radius 1 is 0.886 bits per heavy atom. The molecule has 10 heteroatoms. The number of hydrogen-bond acceptors (Lipinski definition) is 5. The van der Waals surface area contributed by atoms with Gasteiger partial charge < -0.3 is 20.8 Å². The molecule has 8 nitrogen and oxygen atoms in total. The van der Waals surface area contributed by atoms with Crippen molar-refractivity contribution >= 4 is 58.5 Å². The van der Waals surface area contributed by atoms with E-state index in [4.69, 9.17) is 16.7 Å². The zero-order valence-corrected chi connectivity index (χ0v) is 20.0. The molecule has 4 N–H and O–H groups in total. The fraction of sp³-hybridized carbons (Fsp3) is 0.120. The van der Waals surface area contributed by atoms with Crippen LogP contribution in [0.4, 0.5) is 11.4 Å². The third-order valence-electron chi connectivity index (χ3n) is 4.91. The second-order valence-corrected chi connectivity index (χ2v) is 9.02. The van der Waals surface area contributed by atoms with E-state index in [1.165, 1.54) is 42.1 Å². The molecule has 0 saturated heterocycles. The number of aromatic carboxylic acids is 2. The van der Waals surface area contributed by atoms with Crippen LogP contribution in [0.3, 0.4) is 0 Å². The molecular formula is C25H21ClN2O6S. The predicted octanol–water partition coefficient (Wildman–Crippen LogP) is 5.50. The van der Waals surface area contributed by atoms with Crippen LogP contribution in [0.25, 0.3) is 0 Å². The van der Waals surface area contributed by atoms with Gasteiger partial charge in [0.05, 0.1) is 32.7 Å². The molecule has 3 aromatic carbocycles. The van der Waals surface area contributed by atoms with Crippen LogP contribution >= 0.6 is 23.4 Å². The Balaban J connectivity index is 1.73. The average molecular weight is 513 g/mol. The lowest BCUT2D eigenvalue weighted by Gasteiger charge is -2.16. The van der Waals surface area contributed by atoms with Gasteiger partial charge in [0.15, 0.2) is 0 Å². The third kappa shape index (κ3) is 6.62. The molecular weight excluding hydrogens is 492 g/mol. The molecule has 0 spiro atoms. The molecule has 35 heavy (non-hydrogen) atoms. The van der Waals surface area contributed by atoms with Gasteiger partial charge in [-0.2, -0.15) is 0 Å². The number of anilines is 2. The largest absolute Gasteiger partial charge is 0.478 e. The van der Waals surface area contributed by atoms with Gasteiger partial charge in [-0.05, 0) is 55.0 Å². The first kappa shape index (κ1) is 25.8. The highest BCUT2D eigenvalue weighted by Crippen LogP contribution is 2.30. The van der Waals surface area contributed by atoms with Crippen molar-refractivity contribution in [3.8, 4) is 0 Å². The van der Waals surface area contributed by atoms with Crippen LogP contribution < -0.4 is 10.6 Å². The Kier molecular flexibility index (Phi) is 8.51. The third-order valence-corrected chi connectivity index (χ3v) is 6.59. The Morgan fingerprint density at radius 2 is 1.60 bits per heavy atom. The molecule has 0 aromatic heterocycles. The van der Waals surface area contributed by atoms with Gasteiger partial charge in [-0.1, -0.05) is 36.7 Å². The van der Waals surface area contributed by atoms with E-state index in [2.05, 4.69) is 10.6 Å². The van der Waals surface area contributed by atoms with Gasteiger partial charge in [0, 0.05) is 10.6 Å². The summed E-state index contributed by atoms with van der Waals surface area (Å²) in [4.78, 5) is 48.8. The minimum atomic E-state index is -1.20. The summed E-state index contributed by atoms with van der Waals surface area (Å²) in [6.07, 6.45) is 0.468. The number of thioether (sulfide) groups is 1. The first-order valence-corrected chi connectivity index (χ1v) is 11.7. The van der Waals surface area contributed by atoms with Crippen molar-refractivity contribution in [3.63, 3.8) is 0 Å². The number of halogens is 1. The number of carbonyl (C=O) groups excluding carboxylic acids is 2. The summed E-state index contributed by atoms with van der Waals surface area (Å²) in [7, 11) is 0. The summed E-state index contributed by atoms with van der Waals surface area (Å²) < 4.78 is 0. The maximum absolute atomic E-state index is 12.9. The Bertz CT molecular complexity index is 1300. The van der Waals surface area contributed by atoms with Crippen LogP contribution in [0.5, 0.6) is 0 Å². The summed E-state index contributed by atoms with van der Waals surface area (Å²) in [5.41, 5.74) is 0.563. The van der Waals surface area contributed by atoms with Crippen molar-refractivity contribution in [2.45, 2.75) is 23.5 Å². The average Bonchev–Trinajstić information content (AvgIpc) is 2.83. The summed E-state index contributed by atoms with van der Waals surface area (Å²) in [6.45, 7) is 1.83. The quantitative estimate of drug-likeness (QED) is 0.278. The summed E-state index contributed by atoms with van der Waals surface area (Å²) >= 11 is 7.37. The van der Waals surface area contributed by atoms with Gasteiger partial charge in [-0.15, -0.1) is 11.8 Å². The van der Waals surface area contributed by atoms with Crippen LogP contribution in [0.15, 0.2) is 71.6 Å². The maximum atomic E-state index is 12.9. The Labute approximate surface area is 210 Å².